The molecule has 1 aromatic rings. The van der Waals surface area contributed by atoms with Gasteiger partial charge >= 0.3 is 5.97 Å². The summed E-state index contributed by atoms with van der Waals surface area (Å²) in [5.74, 6) is -1.35. The molecule has 0 aromatic heterocycles. The zero-order valence-corrected chi connectivity index (χ0v) is 11.0. The number of methoxy groups -OCH3 is 1. The second kappa shape index (κ2) is 5.27. The summed E-state index contributed by atoms with van der Waals surface area (Å²) in [6.45, 7) is 2.79. The minimum absolute atomic E-state index is 0.194. The lowest BCUT2D eigenvalue weighted by Gasteiger charge is -2.21. The normalized spacial score (nSPS) is 10.9. The van der Waals surface area contributed by atoms with E-state index in [0.29, 0.717) is 10.8 Å². The molecule has 0 fully saturated rings. The number of amides is 1. The summed E-state index contributed by atoms with van der Waals surface area (Å²) in [5.41, 5.74) is -1.18. The minimum atomic E-state index is -1.37. The zero-order chi connectivity index (χ0) is 13.9. The van der Waals surface area contributed by atoms with Gasteiger partial charge in [0.05, 0.1) is 12.7 Å². The lowest BCUT2D eigenvalue weighted by Crippen LogP contribution is -2.49. The Kier molecular flexibility index (Phi) is 4.19. The highest BCUT2D eigenvalue weighted by molar-refractivity contribution is 6.31. The highest BCUT2D eigenvalue weighted by Crippen LogP contribution is 2.23. The molecule has 0 bridgehead atoms. The third kappa shape index (κ3) is 3.13. The largest absolute Gasteiger partial charge is 0.496 e. The summed E-state index contributed by atoms with van der Waals surface area (Å²) in [6, 6.07) is 4.55. The summed E-state index contributed by atoms with van der Waals surface area (Å²) >= 11 is 5.80. The quantitative estimate of drug-likeness (QED) is 0.877. The van der Waals surface area contributed by atoms with Crippen LogP contribution in [0.4, 0.5) is 0 Å². The maximum Gasteiger partial charge on any atom is 0.328 e. The smallest absolute Gasteiger partial charge is 0.328 e. The number of halogens is 1. The molecule has 0 aliphatic heterocycles. The first-order valence-corrected chi connectivity index (χ1v) is 5.55. The molecule has 2 N–H and O–H groups in total. The number of hydrogen-bond donors (Lipinski definition) is 2. The van der Waals surface area contributed by atoms with Gasteiger partial charge in [0.1, 0.15) is 11.3 Å². The van der Waals surface area contributed by atoms with Crippen LogP contribution in [-0.4, -0.2) is 29.6 Å². The van der Waals surface area contributed by atoms with Crippen LogP contribution >= 0.6 is 11.6 Å². The van der Waals surface area contributed by atoms with E-state index in [9.17, 15) is 9.59 Å². The SMILES string of the molecule is COc1ccc(Cl)cc1C(=O)NC(C)(C)C(=O)O. The van der Waals surface area contributed by atoms with Gasteiger partial charge in [-0.2, -0.15) is 0 Å². The summed E-state index contributed by atoms with van der Waals surface area (Å²) in [6.07, 6.45) is 0. The number of benzene rings is 1. The number of ether oxygens (including phenoxy) is 1. The first-order valence-electron chi connectivity index (χ1n) is 5.17. The highest BCUT2D eigenvalue weighted by Gasteiger charge is 2.30. The number of carbonyl (C=O) groups excluding carboxylic acids is 1. The molecule has 0 saturated heterocycles. The van der Waals surface area contributed by atoms with Crippen LogP contribution in [-0.2, 0) is 4.79 Å². The van der Waals surface area contributed by atoms with Crippen LogP contribution in [0.3, 0.4) is 0 Å². The maximum atomic E-state index is 12.0. The molecule has 1 aromatic carbocycles. The molecule has 0 aliphatic rings. The predicted molar refractivity (Wildman–Crippen MR) is 67.2 cm³/mol. The van der Waals surface area contributed by atoms with Crippen LogP contribution < -0.4 is 10.1 Å². The molecule has 0 heterocycles. The predicted octanol–water partition coefficient (Wildman–Crippen LogP) is 1.94. The van der Waals surface area contributed by atoms with Gasteiger partial charge in [-0.05, 0) is 32.0 Å². The third-order valence-electron chi connectivity index (χ3n) is 2.37. The molecule has 0 radical (unpaired) electrons. The average molecular weight is 272 g/mol. The Labute approximate surface area is 110 Å². The Morgan fingerprint density at radius 2 is 2.00 bits per heavy atom. The van der Waals surface area contributed by atoms with E-state index in [1.54, 1.807) is 12.1 Å². The van der Waals surface area contributed by atoms with Crippen molar-refractivity contribution in [2.24, 2.45) is 0 Å². The van der Waals surface area contributed by atoms with Crippen molar-refractivity contribution < 1.29 is 19.4 Å². The van der Waals surface area contributed by atoms with Gasteiger partial charge in [0.25, 0.3) is 5.91 Å². The Morgan fingerprint density at radius 1 is 1.39 bits per heavy atom. The van der Waals surface area contributed by atoms with Crippen molar-refractivity contribution in [1.29, 1.82) is 0 Å². The Balaban J connectivity index is 3.04. The molecule has 98 valence electrons. The van der Waals surface area contributed by atoms with Crippen LogP contribution in [0.5, 0.6) is 5.75 Å². The molecule has 1 amide bonds. The van der Waals surface area contributed by atoms with Crippen LogP contribution in [0.2, 0.25) is 5.02 Å². The van der Waals surface area contributed by atoms with Crippen molar-refractivity contribution in [2.75, 3.05) is 7.11 Å². The number of rotatable bonds is 4. The monoisotopic (exact) mass is 271 g/mol. The molecule has 6 heteroatoms. The Bertz CT molecular complexity index is 485. The van der Waals surface area contributed by atoms with Gasteiger partial charge in [0.2, 0.25) is 0 Å². The third-order valence-corrected chi connectivity index (χ3v) is 2.60. The molecule has 0 atom stereocenters. The van der Waals surface area contributed by atoms with Gasteiger partial charge in [-0.3, -0.25) is 4.79 Å². The molecule has 0 aliphatic carbocycles. The van der Waals surface area contributed by atoms with Gasteiger partial charge in [-0.1, -0.05) is 11.6 Å². The fourth-order valence-electron chi connectivity index (χ4n) is 1.26. The van der Waals surface area contributed by atoms with E-state index in [4.69, 9.17) is 21.4 Å². The summed E-state index contributed by atoms with van der Waals surface area (Å²) in [7, 11) is 1.42. The molecule has 5 nitrogen and oxygen atoms in total. The molecule has 0 unspecified atom stereocenters. The molecular formula is C12H14ClNO4. The number of carbonyl (C=O) groups is 2. The number of hydrogen-bond acceptors (Lipinski definition) is 3. The van der Waals surface area contributed by atoms with Crippen molar-refractivity contribution in [3.8, 4) is 5.75 Å². The lowest BCUT2D eigenvalue weighted by atomic mass is 10.0. The first kappa shape index (κ1) is 14.3. The molecule has 0 saturated carbocycles. The summed E-state index contributed by atoms with van der Waals surface area (Å²) in [4.78, 5) is 22.9. The summed E-state index contributed by atoms with van der Waals surface area (Å²) in [5, 5.41) is 11.7. The van der Waals surface area contributed by atoms with E-state index >= 15 is 0 Å². The van der Waals surface area contributed by atoms with Crippen LogP contribution in [0.25, 0.3) is 0 Å². The topological polar surface area (TPSA) is 75.6 Å². The minimum Gasteiger partial charge on any atom is -0.496 e. The second-order valence-electron chi connectivity index (χ2n) is 4.23. The summed E-state index contributed by atoms with van der Waals surface area (Å²) < 4.78 is 5.03. The van der Waals surface area contributed by atoms with Crippen molar-refractivity contribution >= 4 is 23.5 Å². The van der Waals surface area contributed by atoms with Crippen LogP contribution in [0, 0.1) is 0 Å². The fraction of sp³-hybridized carbons (Fsp3) is 0.333. The Hall–Kier alpha value is -1.75. The van der Waals surface area contributed by atoms with E-state index in [0.717, 1.165) is 0 Å². The number of carboxylic acid groups (broad SMARTS) is 1. The average Bonchev–Trinajstić information content (AvgIpc) is 2.28. The van der Waals surface area contributed by atoms with Gasteiger partial charge in [0.15, 0.2) is 0 Å². The first-order chi connectivity index (χ1) is 8.27. The number of aliphatic carboxylic acids is 1. The number of carboxylic acids is 1. The van der Waals surface area contributed by atoms with Gasteiger partial charge < -0.3 is 15.2 Å². The van der Waals surface area contributed by atoms with E-state index in [2.05, 4.69) is 5.32 Å². The van der Waals surface area contributed by atoms with E-state index in [1.807, 2.05) is 0 Å². The molecule has 1 rings (SSSR count). The maximum absolute atomic E-state index is 12.0. The molecule has 0 spiro atoms. The molecular weight excluding hydrogens is 258 g/mol. The fourth-order valence-corrected chi connectivity index (χ4v) is 1.43. The van der Waals surface area contributed by atoms with E-state index in [-0.39, 0.29) is 5.56 Å². The standard InChI is InChI=1S/C12H14ClNO4/c1-12(2,11(16)17)14-10(15)8-6-7(13)4-5-9(8)18-3/h4-6H,1-3H3,(H,14,15)(H,16,17). The van der Waals surface area contributed by atoms with Crippen molar-refractivity contribution in [2.45, 2.75) is 19.4 Å². The zero-order valence-electron chi connectivity index (χ0n) is 10.3. The van der Waals surface area contributed by atoms with Crippen molar-refractivity contribution in [1.82, 2.24) is 5.32 Å². The van der Waals surface area contributed by atoms with Gasteiger partial charge in [0, 0.05) is 5.02 Å². The highest BCUT2D eigenvalue weighted by atomic mass is 35.5. The number of nitrogens with one attached hydrogen (secondary N) is 1. The van der Waals surface area contributed by atoms with E-state index < -0.39 is 17.4 Å². The molecule has 18 heavy (non-hydrogen) atoms. The van der Waals surface area contributed by atoms with Crippen LogP contribution in [0.15, 0.2) is 18.2 Å². The van der Waals surface area contributed by atoms with Crippen LogP contribution in [0.1, 0.15) is 24.2 Å². The van der Waals surface area contributed by atoms with Crippen molar-refractivity contribution in [3.05, 3.63) is 28.8 Å². The van der Waals surface area contributed by atoms with Gasteiger partial charge in [-0.15, -0.1) is 0 Å². The second-order valence-corrected chi connectivity index (χ2v) is 4.67. The van der Waals surface area contributed by atoms with Crippen molar-refractivity contribution in [3.63, 3.8) is 0 Å². The van der Waals surface area contributed by atoms with E-state index in [1.165, 1.54) is 27.0 Å². The lowest BCUT2D eigenvalue weighted by molar-refractivity contribution is -0.143. The van der Waals surface area contributed by atoms with Gasteiger partial charge in [-0.25, -0.2) is 4.79 Å². The Morgan fingerprint density at radius 3 is 2.50 bits per heavy atom.